The van der Waals surface area contributed by atoms with Crippen molar-refractivity contribution in [3.8, 4) is 0 Å². The molecule has 2 aliphatic heterocycles. The molecule has 0 spiro atoms. The molecule has 2 aromatic rings. The zero-order valence-corrected chi connectivity index (χ0v) is 16.6. The van der Waals surface area contributed by atoms with Gasteiger partial charge in [0.05, 0.1) is 12.0 Å². The summed E-state index contributed by atoms with van der Waals surface area (Å²) in [5.41, 5.74) is 2.08. The number of halogens is 1. The highest BCUT2D eigenvalue weighted by Crippen LogP contribution is 2.38. The van der Waals surface area contributed by atoms with Crippen LogP contribution in [0, 0.1) is 11.7 Å². The lowest BCUT2D eigenvalue weighted by atomic mass is 9.92. The minimum absolute atomic E-state index is 0.0244. The normalized spacial score (nSPS) is 22.9. The first-order chi connectivity index (χ1) is 14.0. The van der Waals surface area contributed by atoms with Crippen LogP contribution in [-0.2, 0) is 16.1 Å². The minimum atomic E-state index is -0.418. The molecular formula is C23H26FN3O2. The summed E-state index contributed by atoms with van der Waals surface area (Å²) >= 11 is 0. The summed E-state index contributed by atoms with van der Waals surface area (Å²) in [6.45, 7) is 3.84. The molecule has 6 heteroatoms. The smallest absolute Gasteiger partial charge is 0.228 e. The van der Waals surface area contributed by atoms with E-state index in [0.717, 1.165) is 25.2 Å². The number of likely N-dealkylation sites (tertiary alicyclic amines) is 1. The topological polar surface area (TPSA) is 43.9 Å². The molecule has 2 saturated heterocycles. The number of piperazine rings is 1. The Morgan fingerprint density at radius 3 is 2.31 bits per heavy atom. The molecule has 0 unspecified atom stereocenters. The molecule has 152 valence electrons. The summed E-state index contributed by atoms with van der Waals surface area (Å²) in [6, 6.07) is 16.1. The van der Waals surface area contributed by atoms with Crippen molar-refractivity contribution in [2.75, 3.05) is 33.2 Å². The molecule has 2 aliphatic rings. The summed E-state index contributed by atoms with van der Waals surface area (Å²) < 4.78 is 13.3. The van der Waals surface area contributed by atoms with Crippen molar-refractivity contribution in [2.45, 2.75) is 19.0 Å². The minimum Gasteiger partial charge on any atom is -0.340 e. The van der Waals surface area contributed by atoms with Crippen LogP contribution in [0.25, 0.3) is 0 Å². The molecule has 0 aromatic heterocycles. The van der Waals surface area contributed by atoms with Crippen LogP contribution in [0.3, 0.4) is 0 Å². The third-order valence-corrected chi connectivity index (χ3v) is 6.05. The van der Waals surface area contributed by atoms with Gasteiger partial charge in [-0.25, -0.2) is 4.39 Å². The second kappa shape index (κ2) is 8.33. The second-order valence-corrected chi connectivity index (χ2v) is 7.90. The molecule has 29 heavy (non-hydrogen) atoms. The molecule has 0 aliphatic carbocycles. The average molecular weight is 395 g/mol. The van der Waals surface area contributed by atoms with Crippen LogP contribution in [-0.4, -0.2) is 59.7 Å². The lowest BCUT2D eigenvalue weighted by molar-refractivity contribution is -0.138. The Morgan fingerprint density at radius 2 is 1.66 bits per heavy atom. The third kappa shape index (κ3) is 4.17. The van der Waals surface area contributed by atoms with Gasteiger partial charge < -0.3 is 9.80 Å². The molecule has 0 N–H and O–H groups in total. The van der Waals surface area contributed by atoms with E-state index < -0.39 is 5.92 Å². The monoisotopic (exact) mass is 395 g/mol. The van der Waals surface area contributed by atoms with Gasteiger partial charge in [-0.1, -0.05) is 42.5 Å². The molecular weight excluding hydrogens is 369 g/mol. The highest BCUT2D eigenvalue weighted by atomic mass is 19.1. The van der Waals surface area contributed by atoms with Gasteiger partial charge in [0.1, 0.15) is 5.82 Å². The first kappa shape index (κ1) is 19.6. The van der Waals surface area contributed by atoms with Crippen LogP contribution in [0.2, 0.25) is 0 Å². The number of hydrogen-bond acceptors (Lipinski definition) is 3. The zero-order chi connectivity index (χ0) is 20.4. The second-order valence-electron chi connectivity index (χ2n) is 7.90. The van der Waals surface area contributed by atoms with Gasteiger partial charge in [-0.05, 0) is 23.3 Å². The zero-order valence-electron chi connectivity index (χ0n) is 16.6. The van der Waals surface area contributed by atoms with E-state index in [2.05, 4.69) is 17.0 Å². The average Bonchev–Trinajstić information content (AvgIpc) is 3.04. The fourth-order valence-electron chi connectivity index (χ4n) is 4.41. The Morgan fingerprint density at radius 1 is 1.00 bits per heavy atom. The molecule has 0 bridgehead atoms. The molecule has 2 fully saturated rings. The van der Waals surface area contributed by atoms with Crippen LogP contribution in [0.1, 0.15) is 23.6 Å². The van der Waals surface area contributed by atoms with E-state index in [1.807, 2.05) is 23.1 Å². The van der Waals surface area contributed by atoms with E-state index in [9.17, 15) is 14.0 Å². The highest BCUT2D eigenvalue weighted by molar-refractivity contribution is 5.90. The first-order valence-electron chi connectivity index (χ1n) is 10.1. The number of hydrogen-bond donors (Lipinski definition) is 0. The Labute approximate surface area is 170 Å². The lowest BCUT2D eigenvalue weighted by Gasteiger charge is -2.37. The SMILES string of the molecule is CN1C(=O)C[C@@H](C(=O)N2CCN(Cc3ccccc3)CC2)[C@@H]1c1ccc(F)cc1. The van der Waals surface area contributed by atoms with Crippen molar-refractivity contribution in [3.63, 3.8) is 0 Å². The molecule has 2 aromatic carbocycles. The Kier molecular flexibility index (Phi) is 5.62. The van der Waals surface area contributed by atoms with E-state index in [1.54, 1.807) is 24.1 Å². The largest absolute Gasteiger partial charge is 0.340 e. The number of carbonyl (C=O) groups is 2. The van der Waals surface area contributed by atoms with Crippen LogP contribution in [0.15, 0.2) is 54.6 Å². The number of benzene rings is 2. The molecule has 0 saturated carbocycles. The van der Waals surface area contributed by atoms with Crippen LogP contribution in [0.4, 0.5) is 4.39 Å². The van der Waals surface area contributed by atoms with Gasteiger partial charge >= 0.3 is 0 Å². The molecule has 2 amide bonds. The van der Waals surface area contributed by atoms with Crippen LogP contribution in [0.5, 0.6) is 0 Å². The highest BCUT2D eigenvalue weighted by Gasteiger charge is 2.44. The van der Waals surface area contributed by atoms with Crippen molar-refractivity contribution >= 4 is 11.8 Å². The quantitative estimate of drug-likeness (QED) is 0.800. The van der Waals surface area contributed by atoms with Gasteiger partial charge in [0, 0.05) is 46.2 Å². The van der Waals surface area contributed by atoms with Crippen molar-refractivity contribution in [1.29, 1.82) is 0 Å². The number of carbonyl (C=O) groups excluding carboxylic acids is 2. The summed E-state index contributed by atoms with van der Waals surface area (Å²) in [6.07, 6.45) is 0.210. The Bertz CT molecular complexity index is 863. The van der Waals surface area contributed by atoms with E-state index in [-0.39, 0.29) is 30.1 Å². The maximum atomic E-state index is 13.3. The predicted molar refractivity (Wildman–Crippen MR) is 108 cm³/mol. The first-order valence-corrected chi connectivity index (χ1v) is 10.1. The summed E-state index contributed by atoms with van der Waals surface area (Å²) in [5, 5.41) is 0. The third-order valence-electron chi connectivity index (χ3n) is 6.05. The van der Waals surface area contributed by atoms with Gasteiger partial charge in [-0.3, -0.25) is 14.5 Å². The molecule has 2 atom stereocenters. The van der Waals surface area contributed by atoms with Gasteiger partial charge in [0.25, 0.3) is 0 Å². The number of nitrogens with zero attached hydrogens (tertiary/aromatic N) is 3. The summed E-state index contributed by atoms with van der Waals surface area (Å²) in [7, 11) is 1.72. The van der Waals surface area contributed by atoms with Crippen molar-refractivity contribution in [3.05, 3.63) is 71.5 Å². The van der Waals surface area contributed by atoms with E-state index in [0.29, 0.717) is 13.1 Å². The summed E-state index contributed by atoms with van der Waals surface area (Å²) in [4.78, 5) is 31.5. The lowest BCUT2D eigenvalue weighted by Crippen LogP contribution is -2.50. The standard InChI is InChI=1S/C23H26FN3O2/c1-25-21(28)15-20(22(25)18-7-9-19(24)10-8-18)23(29)27-13-11-26(12-14-27)16-17-5-3-2-4-6-17/h2-10,20,22H,11-16H2,1H3/t20-,22+/m1/s1. The molecule has 5 nitrogen and oxygen atoms in total. The fourth-order valence-corrected chi connectivity index (χ4v) is 4.41. The van der Waals surface area contributed by atoms with Gasteiger partial charge in [-0.2, -0.15) is 0 Å². The van der Waals surface area contributed by atoms with Crippen molar-refractivity contribution in [2.24, 2.45) is 5.92 Å². The van der Waals surface area contributed by atoms with Crippen molar-refractivity contribution in [1.82, 2.24) is 14.7 Å². The van der Waals surface area contributed by atoms with Crippen molar-refractivity contribution < 1.29 is 14.0 Å². The molecule has 4 rings (SSSR count). The van der Waals surface area contributed by atoms with Gasteiger partial charge in [0.2, 0.25) is 11.8 Å². The predicted octanol–water partition coefficient (Wildman–Crippen LogP) is 2.69. The maximum absolute atomic E-state index is 13.3. The van der Waals surface area contributed by atoms with Gasteiger partial charge in [-0.15, -0.1) is 0 Å². The maximum Gasteiger partial charge on any atom is 0.228 e. The van der Waals surface area contributed by atoms with E-state index >= 15 is 0 Å². The van der Waals surface area contributed by atoms with E-state index in [1.165, 1.54) is 17.7 Å². The Balaban J connectivity index is 1.42. The number of rotatable bonds is 4. The molecule has 0 radical (unpaired) electrons. The Hall–Kier alpha value is -2.73. The molecule has 2 heterocycles. The van der Waals surface area contributed by atoms with Crippen LogP contribution >= 0.6 is 0 Å². The summed E-state index contributed by atoms with van der Waals surface area (Å²) in [5.74, 6) is -0.756. The fraction of sp³-hybridized carbons (Fsp3) is 0.391. The van der Waals surface area contributed by atoms with Crippen LogP contribution < -0.4 is 0 Å². The van der Waals surface area contributed by atoms with E-state index in [4.69, 9.17) is 0 Å². The number of amides is 2. The van der Waals surface area contributed by atoms with Gasteiger partial charge in [0.15, 0.2) is 0 Å².